The minimum Gasteiger partial charge on any atom is -0.480 e. The van der Waals surface area contributed by atoms with Crippen LogP contribution < -0.4 is 21.7 Å². The highest BCUT2D eigenvalue weighted by atomic mass is 16.4. The largest absolute Gasteiger partial charge is 0.480 e. The highest BCUT2D eigenvalue weighted by Crippen LogP contribution is 2.28. The summed E-state index contributed by atoms with van der Waals surface area (Å²) in [5, 5.41) is 17.9. The molecule has 0 aliphatic heterocycles. The molecule has 6 N–H and O–H groups in total. The molecule has 2 saturated carbocycles. The number of amides is 3. The zero-order valence-electron chi connectivity index (χ0n) is 19.0. The molecule has 2 unspecified atom stereocenters. The molecule has 2 aliphatic carbocycles. The van der Waals surface area contributed by atoms with Crippen molar-refractivity contribution in [2.24, 2.45) is 17.6 Å². The summed E-state index contributed by atoms with van der Waals surface area (Å²) < 4.78 is 0. The van der Waals surface area contributed by atoms with Crippen LogP contribution in [0.15, 0.2) is 0 Å². The fraction of sp³-hybridized carbons (Fsp3) is 0.870. The summed E-state index contributed by atoms with van der Waals surface area (Å²) >= 11 is 0. The van der Waals surface area contributed by atoms with Crippen molar-refractivity contribution in [3.8, 4) is 0 Å². The van der Waals surface area contributed by atoms with Gasteiger partial charge in [-0.05, 0) is 56.9 Å². The molecule has 3 amide bonds. The smallest absolute Gasteiger partial charge is 0.326 e. The molecule has 0 aromatic heterocycles. The Labute approximate surface area is 186 Å². The lowest BCUT2D eigenvalue weighted by Gasteiger charge is -2.31. The normalized spacial score (nSPS) is 24.1. The quantitative estimate of drug-likeness (QED) is 0.316. The number of carbonyl (C=O) groups excluding carboxylic acids is 2. The average Bonchev–Trinajstić information content (AvgIpc) is 2.73. The van der Waals surface area contributed by atoms with Crippen LogP contribution in [0.3, 0.4) is 0 Å². The maximum absolute atomic E-state index is 13.1. The highest BCUT2D eigenvalue weighted by molar-refractivity contribution is 5.88. The number of urea groups is 1. The third kappa shape index (κ3) is 9.46. The number of hydrogen-bond donors (Lipinski definition) is 5. The molecule has 0 heterocycles. The van der Waals surface area contributed by atoms with Crippen molar-refractivity contribution in [1.82, 2.24) is 16.0 Å². The van der Waals surface area contributed by atoms with Crippen LogP contribution in [0.2, 0.25) is 0 Å². The van der Waals surface area contributed by atoms with Gasteiger partial charge < -0.3 is 26.8 Å². The van der Waals surface area contributed by atoms with Gasteiger partial charge in [-0.1, -0.05) is 51.9 Å². The van der Waals surface area contributed by atoms with Crippen molar-refractivity contribution < 1.29 is 19.5 Å². The lowest BCUT2D eigenvalue weighted by molar-refractivity contribution is -0.139. The Hall–Kier alpha value is -1.83. The first-order valence-electron chi connectivity index (χ1n) is 12.2. The van der Waals surface area contributed by atoms with Crippen LogP contribution in [0.25, 0.3) is 0 Å². The van der Waals surface area contributed by atoms with Crippen molar-refractivity contribution in [2.75, 3.05) is 6.54 Å². The number of nitrogens with two attached hydrogens (primary N) is 1. The molecule has 0 saturated heterocycles. The Morgan fingerprint density at radius 1 is 0.968 bits per heavy atom. The predicted octanol–water partition coefficient (Wildman–Crippen LogP) is 2.90. The minimum atomic E-state index is -1.07. The van der Waals surface area contributed by atoms with E-state index in [-0.39, 0.29) is 11.9 Å². The van der Waals surface area contributed by atoms with Crippen molar-refractivity contribution in [3.05, 3.63) is 0 Å². The Bertz CT molecular complexity index is 580. The first-order chi connectivity index (χ1) is 14.9. The summed E-state index contributed by atoms with van der Waals surface area (Å²) in [4.78, 5) is 37.2. The van der Waals surface area contributed by atoms with Crippen molar-refractivity contribution >= 4 is 17.9 Å². The van der Waals surface area contributed by atoms with E-state index >= 15 is 0 Å². The van der Waals surface area contributed by atoms with E-state index in [2.05, 4.69) is 22.9 Å². The molecule has 8 nitrogen and oxygen atoms in total. The maximum atomic E-state index is 13.1. The molecule has 8 heteroatoms. The van der Waals surface area contributed by atoms with Gasteiger partial charge in [-0.15, -0.1) is 0 Å². The molecule has 0 radical (unpaired) electrons. The summed E-state index contributed by atoms with van der Waals surface area (Å²) in [6.45, 7) is 2.70. The van der Waals surface area contributed by atoms with Crippen LogP contribution >= 0.6 is 0 Å². The molecule has 31 heavy (non-hydrogen) atoms. The summed E-state index contributed by atoms with van der Waals surface area (Å²) in [6, 6.07) is -2.06. The van der Waals surface area contributed by atoms with E-state index in [1.807, 2.05) is 0 Å². The zero-order valence-corrected chi connectivity index (χ0v) is 19.0. The molecule has 0 aromatic carbocycles. The molecular weight excluding hydrogens is 396 g/mol. The first-order valence-corrected chi connectivity index (χ1v) is 12.2. The fourth-order valence-electron chi connectivity index (χ4n) is 4.96. The standard InChI is InChI=1S/C23H42N4O4/c1-16-8-7-11-18(14-16)25-21(28)20(15-17-9-3-2-4-10-17)27-23(31)26-19(22(29)30)12-5-6-13-24/h16-20H,2-15,24H2,1H3,(H,25,28)(H,29,30)(H2,26,27,31)/t16?,18?,19-,20-/m0/s1. The SMILES string of the molecule is CC1CCCC(NC(=O)[C@H](CC2CCCCC2)NC(=O)N[C@@H](CCCCN)C(=O)O)C1. The van der Waals surface area contributed by atoms with Gasteiger partial charge in [0.25, 0.3) is 0 Å². The summed E-state index contributed by atoms with van der Waals surface area (Å²) in [5.74, 6) is -0.210. The van der Waals surface area contributed by atoms with Gasteiger partial charge in [-0.25, -0.2) is 9.59 Å². The van der Waals surface area contributed by atoms with Crippen LogP contribution in [0.1, 0.15) is 90.4 Å². The predicted molar refractivity (Wildman–Crippen MR) is 121 cm³/mol. The van der Waals surface area contributed by atoms with Gasteiger partial charge in [0.2, 0.25) is 5.91 Å². The van der Waals surface area contributed by atoms with E-state index in [9.17, 15) is 19.5 Å². The van der Waals surface area contributed by atoms with Crippen LogP contribution in [0.5, 0.6) is 0 Å². The van der Waals surface area contributed by atoms with Crippen LogP contribution in [-0.2, 0) is 9.59 Å². The number of unbranched alkanes of at least 4 members (excludes halogenated alkanes) is 1. The topological polar surface area (TPSA) is 134 Å². The molecule has 2 rings (SSSR count). The average molecular weight is 439 g/mol. The second-order valence-electron chi connectivity index (χ2n) is 9.56. The van der Waals surface area contributed by atoms with E-state index < -0.39 is 24.1 Å². The Balaban J connectivity index is 1.96. The monoisotopic (exact) mass is 438 g/mol. The minimum absolute atomic E-state index is 0.144. The molecule has 0 spiro atoms. The summed E-state index contributed by atoms with van der Waals surface area (Å²) in [5.41, 5.74) is 5.47. The lowest BCUT2D eigenvalue weighted by Crippen LogP contribution is -2.55. The van der Waals surface area contributed by atoms with Gasteiger partial charge in [-0.3, -0.25) is 4.79 Å². The number of rotatable bonds is 11. The number of aliphatic carboxylic acids is 1. The molecule has 0 bridgehead atoms. The Morgan fingerprint density at radius 2 is 1.68 bits per heavy atom. The van der Waals surface area contributed by atoms with E-state index in [4.69, 9.17) is 5.73 Å². The molecule has 2 fully saturated rings. The number of hydrogen-bond acceptors (Lipinski definition) is 4. The number of carbonyl (C=O) groups is 3. The van der Waals surface area contributed by atoms with Gasteiger partial charge in [0.05, 0.1) is 0 Å². The number of carboxylic acids is 1. The third-order valence-electron chi connectivity index (χ3n) is 6.75. The highest BCUT2D eigenvalue weighted by Gasteiger charge is 2.30. The Morgan fingerprint density at radius 3 is 2.32 bits per heavy atom. The number of carboxylic acid groups (broad SMARTS) is 1. The van der Waals surface area contributed by atoms with E-state index in [0.717, 1.165) is 44.9 Å². The molecular formula is C23H42N4O4. The summed E-state index contributed by atoms with van der Waals surface area (Å²) in [7, 11) is 0. The van der Waals surface area contributed by atoms with Crippen molar-refractivity contribution in [3.63, 3.8) is 0 Å². The second-order valence-corrected chi connectivity index (χ2v) is 9.56. The van der Waals surface area contributed by atoms with E-state index in [1.54, 1.807) is 0 Å². The van der Waals surface area contributed by atoms with Crippen LogP contribution in [0, 0.1) is 11.8 Å². The fourth-order valence-corrected chi connectivity index (χ4v) is 4.96. The van der Waals surface area contributed by atoms with E-state index in [0.29, 0.717) is 44.1 Å². The second kappa shape index (κ2) is 13.6. The van der Waals surface area contributed by atoms with Crippen LogP contribution in [-0.4, -0.2) is 47.7 Å². The third-order valence-corrected chi connectivity index (χ3v) is 6.75. The maximum Gasteiger partial charge on any atom is 0.326 e. The van der Waals surface area contributed by atoms with Crippen molar-refractivity contribution in [1.29, 1.82) is 0 Å². The molecule has 2 aliphatic rings. The zero-order chi connectivity index (χ0) is 22.6. The first kappa shape index (κ1) is 25.4. The van der Waals surface area contributed by atoms with Gasteiger partial charge in [0, 0.05) is 6.04 Å². The lowest BCUT2D eigenvalue weighted by atomic mass is 9.84. The number of nitrogens with one attached hydrogen (secondary N) is 3. The van der Waals surface area contributed by atoms with Gasteiger partial charge in [0.15, 0.2) is 0 Å². The van der Waals surface area contributed by atoms with Gasteiger partial charge >= 0.3 is 12.0 Å². The van der Waals surface area contributed by atoms with Gasteiger partial charge in [-0.2, -0.15) is 0 Å². The molecule has 178 valence electrons. The summed E-state index contributed by atoms with van der Waals surface area (Å²) in [6.07, 6.45) is 12.2. The van der Waals surface area contributed by atoms with Crippen LogP contribution in [0.4, 0.5) is 4.79 Å². The van der Waals surface area contributed by atoms with Gasteiger partial charge in [0.1, 0.15) is 12.1 Å². The van der Waals surface area contributed by atoms with Crippen molar-refractivity contribution in [2.45, 2.75) is 109 Å². The van der Waals surface area contributed by atoms with E-state index in [1.165, 1.54) is 12.8 Å². The molecule has 0 aromatic rings. The molecule has 4 atom stereocenters. The Kier molecular flexibility index (Phi) is 11.1.